The Kier molecular flexibility index (Phi) is 5.34. The zero-order valence-electron chi connectivity index (χ0n) is 21.9. The van der Waals surface area contributed by atoms with Gasteiger partial charge in [-0.2, -0.15) is 0 Å². The summed E-state index contributed by atoms with van der Waals surface area (Å²) >= 11 is 0. The molecule has 0 heterocycles. The van der Waals surface area contributed by atoms with E-state index in [-0.39, 0.29) is 16.9 Å². The third kappa shape index (κ3) is 2.76. The Hall–Kier alpha value is -0.780. The summed E-state index contributed by atoms with van der Waals surface area (Å²) in [6, 6.07) is 0. The van der Waals surface area contributed by atoms with E-state index in [0.29, 0.717) is 47.0 Å². The predicted octanol–water partition coefficient (Wildman–Crippen LogP) is 6.61. The summed E-state index contributed by atoms with van der Waals surface area (Å²) in [7, 11) is 0. The van der Waals surface area contributed by atoms with E-state index in [1.54, 1.807) is 0 Å². The molecule has 2 nitrogen and oxygen atoms in total. The number of aliphatic hydroxyl groups excluding tert-OH is 2. The molecule has 0 aliphatic heterocycles. The van der Waals surface area contributed by atoms with Gasteiger partial charge in [-0.3, -0.25) is 0 Å². The smallest absolute Gasteiger partial charge is 0.0706 e. The second kappa shape index (κ2) is 7.36. The first-order chi connectivity index (χ1) is 15.4. The van der Waals surface area contributed by atoms with Crippen LogP contribution >= 0.6 is 0 Å². The van der Waals surface area contributed by atoms with Crippen molar-refractivity contribution in [1.29, 1.82) is 0 Å². The first-order valence-electron chi connectivity index (χ1n) is 13.9. The second-order valence-electron chi connectivity index (χ2n) is 14.2. The third-order valence-corrected chi connectivity index (χ3v) is 13.5. The van der Waals surface area contributed by atoms with Gasteiger partial charge in [-0.1, -0.05) is 38.8 Å². The summed E-state index contributed by atoms with van der Waals surface area (Å²) in [5.41, 5.74) is 1.86. The molecule has 5 rings (SSSR count). The van der Waals surface area contributed by atoms with Crippen LogP contribution in [0.1, 0.15) is 98.8 Å². The van der Waals surface area contributed by atoms with Crippen molar-refractivity contribution in [3.05, 3.63) is 12.2 Å². The van der Waals surface area contributed by atoms with Crippen LogP contribution in [0.4, 0.5) is 0 Å². The quantitative estimate of drug-likeness (QED) is 0.365. The number of rotatable bonds is 2. The number of aliphatic hydroxyl groups is 2. The fourth-order valence-electron chi connectivity index (χ4n) is 11.4. The van der Waals surface area contributed by atoms with E-state index in [1.165, 1.54) is 50.5 Å². The summed E-state index contributed by atoms with van der Waals surface area (Å²) in [4.78, 5) is 0. The Balaban J connectivity index is 1.56. The average Bonchev–Trinajstić information content (AvgIpc) is 3.17. The maximum Gasteiger partial charge on any atom is 0.0706 e. The van der Waals surface area contributed by atoms with Crippen LogP contribution < -0.4 is 0 Å². The molecule has 11 atom stereocenters. The fraction of sp³-hybridized carbons (Fsp3) is 0.871. The molecule has 0 saturated heterocycles. The Morgan fingerprint density at radius 3 is 2.27 bits per heavy atom. The van der Waals surface area contributed by atoms with Crippen LogP contribution in [-0.4, -0.2) is 22.9 Å². The van der Waals surface area contributed by atoms with Gasteiger partial charge in [-0.05, 0) is 129 Å². The lowest BCUT2D eigenvalue weighted by Crippen LogP contribution is -2.67. The number of terminal acetylenes is 1. The van der Waals surface area contributed by atoms with Gasteiger partial charge in [0.25, 0.3) is 0 Å². The van der Waals surface area contributed by atoms with Gasteiger partial charge in [0.15, 0.2) is 0 Å². The van der Waals surface area contributed by atoms with Gasteiger partial charge in [0.05, 0.1) is 11.5 Å². The van der Waals surface area contributed by atoms with Crippen LogP contribution in [0.5, 0.6) is 0 Å². The highest BCUT2D eigenvalue weighted by atomic mass is 16.3. The lowest BCUT2D eigenvalue weighted by atomic mass is 9.32. The first kappa shape index (κ1) is 23.9. The highest BCUT2D eigenvalue weighted by Crippen LogP contribution is 2.77. The summed E-state index contributed by atoms with van der Waals surface area (Å²) in [6.45, 7) is 17.0. The molecule has 0 radical (unpaired) electrons. The van der Waals surface area contributed by atoms with E-state index in [1.807, 2.05) is 0 Å². The molecule has 0 amide bonds. The number of hydrogen-bond donors (Lipinski definition) is 2. The number of hydrogen-bond acceptors (Lipinski definition) is 2. The summed E-state index contributed by atoms with van der Waals surface area (Å²) in [5, 5.41) is 21.6. The molecule has 0 aromatic carbocycles. The lowest BCUT2D eigenvalue weighted by molar-refractivity contribution is -0.244. The minimum Gasteiger partial charge on any atom is -0.396 e. The van der Waals surface area contributed by atoms with E-state index >= 15 is 0 Å². The first-order valence-corrected chi connectivity index (χ1v) is 13.9. The third-order valence-electron chi connectivity index (χ3n) is 13.5. The molecule has 33 heavy (non-hydrogen) atoms. The molecule has 0 bridgehead atoms. The van der Waals surface area contributed by atoms with Gasteiger partial charge < -0.3 is 10.2 Å². The van der Waals surface area contributed by atoms with Crippen molar-refractivity contribution in [2.45, 2.75) is 105 Å². The Labute approximate surface area is 203 Å². The predicted molar refractivity (Wildman–Crippen MR) is 135 cm³/mol. The van der Waals surface area contributed by atoms with Crippen LogP contribution in [0.2, 0.25) is 0 Å². The van der Waals surface area contributed by atoms with E-state index in [2.05, 4.69) is 47.1 Å². The van der Waals surface area contributed by atoms with Gasteiger partial charge in [0.2, 0.25) is 0 Å². The molecule has 0 aromatic rings. The summed E-state index contributed by atoms with van der Waals surface area (Å²) in [5.74, 6) is 6.01. The molecule has 2 N–H and O–H groups in total. The van der Waals surface area contributed by atoms with E-state index < -0.39 is 5.41 Å². The molecular formula is C31H48O2. The molecule has 5 aliphatic rings. The second-order valence-corrected chi connectivity index (χ2v) is 14.2. The van der Waals surface area contributed by atoms with Gasteiger partial charge in [0.1, 0.15) is 0 Å². The van der Waals surface area contributed by atoms with E-state index in [0.717, 1.165) is 19.3 Å². The van der Waals surface area contributed by atoms with Gasteiger partial charge >= 0.3 is 0 Å². The Morgan fingerprint density at radius 1 is 0.909 bits per heavy atom. The SMILES string of the molecule is C#C[C@@]1(C)C2CC[C@]3(C)C(CCC4C5[C@H](C(=C)C)CCC5(CO)CC[C@]43C)[C@@]2(C)CC[C@@H]1O. The van der Waals surface area contributed by atoms with Crippen molar-refractivity contribution in [1.82, 2.24) is 0 Å². The van der Waals surface area contributed by atoms with Gasteiger partial charge in [0, 0.05) is 6.61 Å². The van der Waals surface area contributed by atoms with Crippen molar-refractivity contribution >= 4 is 0 Å². The summed E-state index contributed by atoms with van der Waals surface area (Å²) in [6.07, 6.45) is 17.4. The van der Waals surface area contributed by atoms with Gasteiger partial charge in [-0.25, -0.2) is 0 Å². The fourth-order valence-corrected chi connectivity index (χ4v) is 11.4. The van der Waals surface area contributed by atoms with Crippen LogP contribution in [0, 0.1) is 69.0 Å². The Bertz CT molecular complexity index is 871. The highest BCUT2D eigenvalue weighted by Gasteiger charge is 2.71. The van der Waals surface area contributed by atoms with E-state index in [4.69, 9.17) is 6.42 Å². The van der Waals surface area contributed by atoms with Crippen LogP contribution in [0.25, 0.3) is 0 Å². The van der Waals surface area contributed by atoms with Gasteiger partial charge in [-0.15, -0.1) is 6.42 Å². The van der Waals surface area contributed by atoms with Crippen LogP contribution in [-0.2, 0) is 0 Å². The molecule has 0 spiro atoms. The van der Waals surface area contributed by atoms with E-state index in [9.17, 15) is 10.2 Å². The number of fused-ring (bicyclic) bond motifs is 7. The average molecular weight is 453 g/mol. The zero-order chi connectivity index (χ0) is 24.0. The minimum atomic E-state index is -0.402. The van der Waals surface area contributed by atoms with Crippen LogP contribution in [0.3, 0.4) is 0 Å². The highest BCUT2D eigenvalue weighted by molar-refractivity contribution is 5.24. The van der Waals surface area contributed by atoms with Crippen molar-refractivity contribution in [3.63, 3.8) is 0 Å². The summed E-state index contributed by atoms with van der Waals surface area (Å²) < 4.78 is 0. The monoisotopic (exact) mass is 452 g/mol. The topological polar surface area (TPSA) is 40.5 Å². The van der Waals surface area contributed by atoms with Crippen molar-refractivity contribution in [2.75, 3.05) is 6.61 Å². The van der Waals surface area contributed by atoms with Crippen LogP contribution in [0.15, 0.2) is 12.2 Å². The van der Waals surface area contributed by atoms with Crippen molar-refractivity contribution in [3.8, 4) is 12.3 Å². The molecule has 2 heteroatoms. The molecule has 5 unspecified atom stereocenters. The van der Waals surface area contributed by atoms with Crippen molar-refractivity contribution in [2.24, 2.45) is 56.7 Å². The molecule has 0 aromatic heterocycles. The minimum absolute atomic E-state index is 0.120. The standard InChI is InChI=1S/C31H48O2/c1-8-27(4)23-12-15-30(7)24(28(23,5)14-13-25(27)33)10-9-22-26-21(20(2)3)11-16-31(26,19-32)18-17-29(22,30)6/h1,21-26,32-33H,2,9-19H2,3-7H3/t21-,22?,23?,24?,25-,26?,27-,28-,29+,30+,31?/m0/s1. The molecule has 5 aliphatic carbocycles. The zero-order valence-corrected chi connectivity index (χ0v) is 21.9. The molecule has 5 fully saturated rings. The normalized spacial score (nSPS) is 57.8. The largest absolute Gasteiger partial charge is 0.396 e. The van der Waals surface area contributed by atoms with Crippen molar-refractivity contribution < 1.29 is 10.2 Å². The maximum atomic E-state index is 10.9. The number of allylic oxidation sites excluding steroid dienone is 1. The molecular weight excluding hydrogens is 404 g/mol. The Morgan fingerprint density at radius 2 is 1.64 bits per heavy atom. The molecule has 5 saturated carbocycles. The lowest BCUT2D eigenvalue weighted by Gasteiger charge is -2.72. The maximum absolute atomic E-state index is 10.9. The molecule has 184 valence electrons.